The van der Waals surface area contributed by atoms with Crippen LogP contribution < -0.4 is 4.74 Å². The lowest BCUT2D eigenvalue weighted by Crippen LogP contribution is -2.35. The molecule has 4 rings (SSSR count). The maximum absolute atomic E-state index is 5.85. The zero-order chi connectivity index (χ0) is 16.4. The molecule has 0 atom stereocenters. The molecule has 5 heteroatoms. The second kappa shape index (κ2) is 6.63. The highest BCUT2D eigenvalue weighted by Gasteiger charge is 2.15. The fraction of sp³-hybridized carbons (Fsp3) is 0.316. The summed E-state index contributed by atoms with van der Waals surface area (Å²) < 4.78 is 16.9. The fourth-order valence-corrected chi connectivity index (χ4v) is 3.00. The third kappa shape index (κ3) is 3.00. The molecule has 5 nitrogen and oxygen atoms in total. The van der Waals surface area contributed by atoms with Crippen molar-refractivity contribution in [1.82, 2.24) is 9.88 Å². The second-order valence-electron chi connectivity index (χ2n) is 5.90. The van der Waals surface area contributed by atoms with Crippen molar-refractivity contribution in [2.75, 3.05) is 33.4 Å². The van der Waals surface area contributed by atoms with Crippen molar-refractivity contribution in [3.05, 3.63) is 48.0 Å². The highest BCUT2D eigenvalue weighted by Crippen LogP contribution is 2.30. The van der Waals surface area contributed by atoms with Crippen LogP contribution in [0.15, 0.2) is 46.9 Å². The second-order valence-corrected chi connectivity index (χ2v) is 5.90. The van der Waals surface area contributed by atoms with Gasteiger partial charge in [0.05, 0.1) is 20.3 Å². The summed E-state index contributed by atoms with van der Waals surface area (Å²) in [5.41, 5.74) is 3.75. The van der Waals surface area contributed by atoms with E-state index in [9.17, 15) is 0 Å². The number of oxazole rings is 1. The molecule has 1 aliphatic rings. The Labute approximate surface area is 140 Å². The van der Waals surface area contributed by atoms with Gasteiger partial charge < -0.3 is 13.9 Å². The summed E-state index contributed by atoms with van der Waals surface area (Å²) in [7, 11) is 1.70. The molecule has 1 aromatic heterocycles. The minimum atomic E-state index is 0.618. The van der Waals surface area contributed by atoms with E-state index in [2.05, 4.69) is 16.0 Å². The average molecular weight is 324 g/mol. The van der Waals surface area contributed by atoms with E-state index in [1.54, 1.807) is 7.11 Å². The first-order chi connectivity index (χ1) is 11.8. The van der Waals surface area contributed by atoms with Gasteiger partial charge in [0, 0.05) is 30.8 Å². The molecule has 0 saturated carbocycles. The molecule has 124 valence electrons. The molecule has 2 heterocycles. The summed E-state index contributed by atoms with van der Waals surface area (Å²) >= 11 is 0. The van der Waals surface area contributed by atoms with Crippen molar-refractivity contribution in [3.8, 4) is 17.2 Å². The molecule has 0 amide bonds. The first-order valence-electron chi connectivity index (χ1n) is 8.16. The number of fused-ring (bicyclic) bond motifs is 1. The van der Waals surface area contributed by atoms with E-state index in [1.165, 1.54) is 5.56 Å². The van der Waals surface area contributed by atoms with Crippen LogP contribution in [0.1, 0.15) is 5.56 Å². The van der Waals surface area contributed by atoms with E-state index in [4.69, 9.17) is 13.9 Å². The Kier molecular flexibility index (Phi) is 4.19. The number of ether oxygens (including phenoxy) is 2. The Morgan fingerprint density at radius 3 is 2.75 bits per heavy atom. The molecule has 0 N–H and O–H groups in total. The summed E-state index contributed by atoms with van der Waals surface area (Å²) in [4.78, 5) is 6.93. The Morgan fingerprint density at radius 2 is 1.96 bits per heavy atom. The highest BCUT2D eigenvalue weighted by molar-refractivity contribution is 5.76. The zero-order valence-electron chi connectivity index (χ0n) is 13.7. The van der Waals surface area contributed by atoms with Gasteiger partial charge in [-0.3, -0.25) is 4.90 Å². The highest BCUT2D eigenvalue weighted by atomic mass is 16.5. The predicted octanol–water partition coefficient (Wildman–Crippen LogP) is 3.34. The molecule has 3 aromatic rings. The normalized spacial score (nSPS) is 15.7. The number of benzene rings is 2. The van der Waals surface area contributed by atoms with Crippen LogP contribution in [0.25, 0.3) is 22.6 Å². The predicted molar refractivity (Wildman–Crippen MR) is 92.1 cm³/mol. The molecule has 2 aromatic carbocycles. The standard InChI is InChI=1S/C19H20N2O3/c1-22-18-12-14(19-20-16-4-2-3-5-17(16)24-19)6-7-15(18)13-21-8-10-23-11-9-21/h2-7,12H,8-11,13H2,1H3. The Bertz CT molecular complexity index is 804. The first-order valence-corrected chi connectivity index (χ1v) is 8.16. The van der Waals surface area contributed by atoms with Crippen LogP contribution in [0.2, 0.25) is 0 Å². The van der Waals surface area contributed by atoms with Gasteiger partial charge in [-0.15, -0.1) is 0 Å². The zero-order valence-corrected chi connectivity index (χ0v) is 13.7. The van der Waals surface area contributed by atoms with Crippen molar-refractivity contribution in [2.24, 2.45) is 0 Å². The van der Waals surface area contributed by atoms with Crippen LogP contribution in [0, 0.1) is 0 Å². The molecule has 0 radical (unpaired) electrons. The lowest BCUT2D eigenvalue weighted by atomic mass is 10.1. The van der Waals surface area contributed by atoms with Gasteiger partial charge in [0.1, 0.15) is 11.3 Å². The maximum atomic E-state index is 5.85. The topological polar surface area (TPSA) is 47.7 Å². The SMILES string of the molecule is COc1cc(-c2nc3ccccc3o2)ccc1CN1CCOCC1. The van der Waals surface area contributed by atoms with Gasteiger partial charge in [0.15, 0.2) is 5.58 Å². The smallest absolute Gasteiger partial charge is 0.227 e. The Morgan fingerprint density at radius 1 is 1.12 bits per heavy atom. The van der Waals surface area contributed by atoms with Gasteiger partial charge in [0.25, 0.3) is 0 Å². The van der Waals surface area contributed by atoms with Crippen LogP contribution in [0.3, 0.4) is 0 Å². The van der Waals surface area contributed by atoms with Crippen molar-refractivity contribution < 1.29 is 13.9 Å². The fourth-order valence-electron chi connectivity index (χ4n) is 3.00. The van der Waals surface area contributed by atoms with Crippen LogP contribution in [0.5, 0.6) is 5.75 Å². The van der Waals surface area contributed by atoms with Crippen LogP contribution in [0.4, 0.5) is 0 Å². The molecular formula is C19H20N2O3. The molecule has 0 unspecified atom stereocenters. The van der Waals surface area contributed by atoms with E-state index in [0.717, 1.165) is 55.3 Å². The van der Waals surface area contributed by atoms with Crippen molar-refractivity contribution in [2.45, 2.75) is 6.54 Å². The molecule has 0 bridgehead atoms. The van der Waals surface area contributed by atoms with Crippen molar-refractivity contribution in [1.29, 1.82) is 0 Å². The minimum Gasteiger partial charge on any atom is -0.496 e. The molecular weight excluding hydrogens is 304 g/mol. The third-order valence-corrected chi connectivity index (χ3v) is 4.33. The number of para-hydroxylation sites is 2. The minimum absolute atomic E-state index is 0.618. The number of morpholine rings is 1. The van der Waals surface area contributed by atoms with E-state index >= 15 is 0 Å². The number of rotatable bonds is 4. The van der Waals surface area contributed by atoms with Crippen LogP contribution in [-0.2, 0) is 11.3 Å². The summed E-state index contributed by atoms with van der Waals surface area (Å²) in [6.45, 7) is 4.36. The Hall–Kier alpha value is -2.37. The summed E-state index contributed by atoms with van der Waals surface area (Å²) in [5.74, 6) is 1.48. The van der Waals surface area contributed by atoms with Crippen LogP contribution >= 0.6 is 0 Å². The van der Waals surface area contributed by atoms with E-state index in [1.807, 2.05) is 36.4 Å². The van der Waals surface area contributed by atoms with Crippen molar-refractivity contribution in [3.63, 3.8) is 0 Å². The summed E-state index contributed by atoms with van der Waals surface area (Å²) in [6.07, 6.45) is 0. The first kappa shape index (κ1) is 15.2. The van der Waals surface area contributed by atoms with Crippen molar-refractivity contribution >= 4 is 11.1 Å². The quantitative estimate of drug-likeness (QED) is 0.737. The molecule has 1 fully saturated rings. The van der Waals surface area contributed by atoms with Gasteiger partial charge in [0.2, 0.25) is 5.89 Å². The number of methoxy groups -OCH3 is 1. The van der Waals surface area contributed by atoms with Crippen LogP contribution in [-0.4, -0.2) is 43.3 Å². The van der Waals surface area contributed by atoms with E-state index in [-0.39, 0.29) is 0 Å². The van der Waals surface area contributed by atoms with Gasteiger partial charge in [-0.05, 0) is 24.3 Å². The van der Waals surface area contributed by atoms with Gasteiger partial charge in [-0.2, -0.15) is 0 Å². The van der Waals surface area contributed by atoms with E-state index < -0.39 is 0 Å². The molecule has 1 aliphatic heterocycles. The Balaban J connectivity index is 1.62. The summed E-state index contributed by atoms with van der Waals surface area (Å²) in [5, 5.41) is 0. The van der Waals surface area contributed by atoms with Gasteiger partial charge >= 0.3 is 0 Å². The number of hydrogen-bond acceptors (Lipinski definition) is 5. The molecule has 0 aliphatic carbocycles. The molecule has 0 spiro atoms. The monoisotopic (exact) mass is 324 g/mol. The largest absolute Gasteiger partial charge is 0.496 e. The van der Waals surface area contributed by atoms with Gasteiger partial charge in [-0.1, -0.05) is 18.2 Å². The van der Waals surface area contributed by atoms with E-state index in [0.29, 0.717) is 5.89 Å². The lowest BCUT2D eigenvalue weighted by Gasteiger charge is -2.27. The van der Waals surface area contributed by atoms with Gasteiger partial charge in [-0.25, -0.2) is 4.98 Å². The summed E-state index contributed by atoms with van der Waals surface area (Å²) in [6, 6.07) is 13.9. The molecule has 1 saturated heterocycles. The lowest BCUT2D eigenvalue weighted by molar-refractivity contribution is 0.0339. The number of nitrogens with zero attached hydrogens (tertiary/aromatic N) is 2. The third-order valence-electron chi connectivity index (χ3n) is 4.33. The molecule has 24 heavy (non-hydrogen) atoms. The maximum Gasteiger partial charge on any atom is 0.227 e. The number of aromatic nitrogens is 1. The average Bonchev–Trinajstić information content (AvgIpc) is 3.07. The number of hydrogen-bond donors (Lipinski definition) is 0.